The van der Waals surface area contributed by atoms with Gasteiger partial charge in [0.1, 0.15) is 5.75 Å². The highest BCUT2D eigenvalue weighted by atomic mass is 28.3. The van der Waals surface area contributed by atoms with Crippen molar-refractivity contribution in [2.24, 2.45) is 0 Å². The van der Waals surface area contributed by atoms with Gasteiger partial charge in [0.05, 0.1) is 7.11 Å². The van der Waals surface area contributed by atoms with E-state index in [1.54, 1.807) is 7.11 Å². The van der Waals surface area contributed by atoms with Gasteiger partial charge in [-0.05, 0) is 54.5 Å². The molecule has 0 N–H and O–H groups in total. The van der Waals surface area contributed by atoms with E-state index in [4.69, 9.17) is 4.74 Å². The molecule has 0 aliphatic heterocycles. The van der Waals surface area contributed by atoms with E-state index in [9.17, 15) is 0 Å². The molecule has 2 rings (SSSR count). The van der Waals surface area contributed by atoms with Crippen molar-refractivity contribution in [3.05, 3.63) is 53.6 Å². The third kappa shape index (κ3) is 4.95. The minimum Gasteiger partial charge on any atom is -0.496 e. The molecule has 0 saturated heterocycles. The van der Waals surface area contributed by atoms with E-state index in [0.717, 1.165) is 18.3 Å². The predicted molar refractivity (Wildman–Crippen MR) is 103 cm³/mol. The first-order valence-corrected chi connectivity index (χ1v) is 11.9. The van der Waals surface area contributed by atoms with E-state index in [1.807, 2.05) is 0 Å². The molecule has 0 fully saturated rings. The first-order chi connectivity index (χ1) is 10.8. The molecule has 0 unspecified atom stereocenters. The van der Waals surface area contributed by atoms with Crippen LogP contribution in [0.4, 0.5) is 0 Å². The number of methoxy groups -OCH3 is 1. The number of hydrogen-bond donors (Lipinski definition) is 0. The maximum absolute atomic E-state index is 5.71. The molecule has 0 radical (unpaired) electrons. The van der Waals surface area contributed by atoms with Crippen LogP contribution in [0.15, 0.2) is 42.5 Å². The van der Waals surface area contributed by atoms with Gasteiger partial charge < -0.3 is 9.64 Å². The Labute approximate surface area is 142 Å². The van der Waals surface area contributed by atoms with E-state index >= 15 is 0 Å². The fraction of sp³-hybridized carbons (Fsp3) is 0.400. The standard InChI is InChI=1S/C20H29NOSi/c1-21(2)14-17-13-20(22-3)18(15-23(4,5)6)12-19(17)16-10-8-7-9-11-16/h7-13H,14-15H2,1-6H3. The second-order valence-corrected chi connectivity index (χ2v) is 13.1. The van der Waals surface area contributed by atoms with Gasteiger partial charge in [-0.2, -0.15) is 0 Å². The molecule has 23 heavy (non-hydrogen) atoms. The molecular formula is C20H29NOSi. The van der Waals surface area contributed by atoms with Gasteiger partial charge in [-0.25, -0.2) is 0 Å². The van der Waals surface area contributed by atoms with Gasteiger partial charge >= 0.3 is 0 Å². The normalized spacial score (nSPS) is 11.8. The van der Waals surface area contributed by atoms with E-state index < -0.39 is 8.07 Å². The molecule has 3 heteroatoms. The molecule has 0 heterocycles. The number of rotatable bonds is 6. The Balaban J connectivity index is 2.58. The highest BCUT2D eigenvalue weighted by molar-refractivity contribution is 6.75. The Morgan fingerprint density at radius 3 is 2.13 bits per heavy atom. The fourth-order valence-corrected chi connectivity index (χ4v) is 4.34. The Hall–Kier alpha value is -1.58. The first-order valence-electron chi connectivity index (χ1n) is 8.20. The van der Waals surface area contributed by atoms with Crippen molar-refractivity contribution in [2.75, 3.05) is 21.2 Å². The maximum atomic E-state index is 5.71. The zero-order chi connectivity index (χ0) is 17.0. The van der Waals surface area contributed by atoms with Gasteiger partial charge in [0.2, 0.25) is 0 Å². The summed E-state index contributed by atoms with van der Waals surface area (Å²) in [5.74, 6) is 1.03. The van der Waals surface area contributed by atoms with Crippen molar-refractivity contribution in [3.63, 3.8) is 0 Å². The van der Waals surface area contributed by atoms with Gasteiger partial charge in [0.15, 0.2) is 0 Å². The van der Waals surface area contributed by atoms with Crippen LogP contribution >= 0.6 is 0 Å². The molecule has 0 bridgehead atoms. The summed E-state index contributed by atoms with van der Waals surface area (Å²) in [7, 11) is 4.79. The molecular weight excluding hydrogens is 298 g/mol. The monoisotopic (exact) mass is 327 g/mol. The van der Waals surface area contributed by atoms with Gasteiger partial charge in [-0.1, -0.05) is 50.0 Å². The van der Waals surface area contributed by atoms with Crippen molar-refractivity contribution >= 4 is 8.07 Å². The summed E-state index contributed by atoms with van der Waals surface area (Å²) in [4.78, 5) is 2.21. The Kier molecular flexibility index (Phi) is 5.66. The average Bonchev–Trinajstić information content (AvgIpc) is 2.47. The van der Waals surface area contributed by atoms with Crippen LogP contribution in [-0.4, -0.2) is 34.2 Å². The highest BCUT2D eigenvalue weighted by Gasteiger charge is 2.19. The lowest BCUT2D eigenvalue weighted by Gasteiger charge is -2.22. The minimum atomic E-state index is -1.21. The minimum absolute atomic E-state index is 0.911. The van der Waals surface area contributed by atoms with Crippen LogP contribution in [0.2, 0.25) is 19.6 Å². The molecule has 124 valence electrons. The van der Waals surface area contributed by atoms with Crippen LogP contribution in [0.1, 0.15) is 11.1 Å². The third-order valence-electron chi connectivity index (χ3n) is 3.80. The summed E-state index contributed by atoms with van der Waals surface area (Å²) < 4.78 is 5.71. The Morgan fingerprint density at radius 2 is 1.61 bits per heavy atom. The maximum Gasteiger partial charge on any atom is 0.122 e. The second kappa shape index (κ2) is 7.32. The summed E-state index contributed by atoms with van der Waals surface area (Å²) >= 11 is 0. The van der Waals surface area contributed by atoms with Crippen molar-refractivity contribution in [3.8, 4) is 16.9 Å². The topological polar surface area (TPSA) is 12.5 Å². The SMILES string of the molecule is COc1cc(CN(C)C)c(-c2ccccc2)cc1C[Si](C)(C)C. The van der Waals surface area contributed by atoms with Gasteiger partial charge in [0.25, 0.3) is 0 Å². The van der Waals surface area contributed by atoms with E-state index in [0.29, 0.717) is 0 Å². The zero-order valence-corrected chi connectivity index (χ0v) is 16.3. The summed E-state index contributed by atoms with van der Waals surface area (Å²) in [6.45, 7) is 8.13. The van der Waals surface area contributed by atoms with E-state index in [-0.39, 0.29) is 0 Å². The van der Waals surface area contributed by atoms with E-state index in [2.05, 4.69) is 81.1 Å². The third-order valence-corrected chi connectivity index (χ3v) is 5.24. The largest absolute Gasteiger partial charge is 0.496 e. The van der Waals surface area contributed by atoms with Crippen molar-refractivity contribution < 1.29 is 4.74 Å². The average molecular weight is 328 g/mol. The zero-order valence-electron chi connectivity index (χ0n) is 15.3. The summed E-state index contributed by atoms with van der Waals surface area (Å²) in [6.07, 6.45) is 0. The fourth-order valence-electron chi connectivity index (χ4n) is 2.92. The second-order valence-electron chi connectivity index (χ2n) is 7.66. The number of hydrogen-bond acceptors (Lipinski definition) is 2. The summed E-state index contributed by atoms with van der Waals surface area (Å²) in [6, 6.07) is 16.4. The number of nitrogens with zero attached hydrogens (tertiary/aromatic N) is 1. The van der Waals surface area contributed by atoms with Gasteiger partial charge in [-0.3, -0.25) is 0 Å². The van der Waals surface area contributed by atoms with E-state index in [1.165, 1.54) is 22.3 Å². The van der Waals surface area contributed by atoms with Crippen molar-refractivity contribution in [1.29, 1.82) is 0 Å². The molecule has 0 spiro atoms. The van der Waals surface area contributed by atoms with Crippen LogP contribution < -0.4 is 4.74 Å². The molecule has 2 aromatic carbocycles. The Bertz CT molecular complexity index is 645. The molecule has 0 saturated carbocycles. The van der Waals surface area contributed by atoms with Crippen LogP contribution in [0.25, 0.3) is 11.1 Å². The summed E-state index contributed by atoms with van der Waals surface area (Å²) in [5.41, 5.74) is 5.27. The molecule has 0 amide bonds. The molecule has 0 atom stereocenters. The smallest absolute Gasteiger partial charge is 0.122 e. The summed E-state index contributed by atoms with van der Waals surface area (Å²) in [5, 5.41) is 0. The number of benzene rings is 2. The van der Waals surface area contributed by atoms with Crippen LogP contribution in [0.5, 0.6) is 5.75 Å². The van der Waals surface area contributed by atoms with Crippen molar-refractivity contribution in [1.82, 2.24) is 4.90 Å². The highest BCUT2D eigenvalue weighted by Crippen LogP contribution is 2.33. The van der Waals surface area contributed by atoms with Crippen LogP contribution in [0.3, 0.4) is 0 Å². The molecule has 2 nitrogen and oxygen atoms in total. The molecule has 0 aliphatic carbocycles. The Morgan fingerprint density at radius 1 is 0.957 bits per heavy atom. The lowest BCUT2D eigenvalue weighted by molar-refractivity contribution is 0.394. The molecule has 0 aliphatic rings. The van der Waals surface area contributed by atoms with Crippen LogP contribution in [-0.2, 0) is 12.6 Å². The molecule has 0 aromatic heterocycles. The first kappa shape index (κ1) is 17.8. The lowest BCUT2D eigenvalue weighted by atomic mass is 9.96. The van der Waals surface area contributed by atoms with Crippen molar-refractivity contribution in [2.45, 2.75) is 32.2 Å². The predicted octanol–water partition coefficient (Wildman–Crippen LogP) is 4.84. The van der Waals surface area contributed by atoms with Gasteiger partial charge in [-0.15, -0.1) is 0 Å². The van der Waals surface area contributed by atoms with Gasteiger partial charge in [0, 0.05) is 14.6 Å². The molecule has 2 aromatic rings. The quantitative estimate of drug-likeness (QED) is 0.704. The van der Waals surface area contributed by atoms with Crippen LogP contribution in [0, 0.1) is 0 Å². The number of ether oxygens (including phenoxy) is 1. The lowest BCUT2D eigenvalue weighted by Crippen LogP contribution is -2.24.